The molecule has 0 aliphatic carbocycles. The number of hydrogen-bond acceptors (Lipinski definition) is 2. The summed E-state index contributed by atoms with van der Waals surface area (Å²) in [5.41, 5.74) is 7.30. The van der Waals surface area contributed by atoms with Crippen molar-refractivity contribution in [3.05, 3.63) is 27.7 Å². The predicted octanol–water partition coefficient (Wildman–Crippen LogP) is 1.92. The third-order valence-corrected chi connectivity index (χ3v) is 2.15. The van der Waals surface area contributed by atoms with Gasteiger partial charge in [-0.1, -0.05) is 6.07 Å². The van der Waals surface area contributed by atoms with Crippen molar-refractivity contribution >= 4 is 15.9 Å². The van der Waals surface area contributed by atoms with Gasteiger partial charge in [0, 0.05) is 6.54 Å². The molecular weight excluding hydrogens is 206 g/mol. The monoisotopic (exact) mass is 215 g/mol. The van der Waals surface area contributed by atoms with Crippen LogP contribution in [0.15, 0.2) is 16.6 Å². The fourth-order valence-corrected chi connectivity index (χ4v) is 1.53. The Morgan fingerprint density at radius 2 is 2.18 bits per heavy atom. The molecule has 0 saturated heterocycles. The topological polar surface area (TPSA) is 46.2 Å². The molecule has 3 N–H and O–H groups in total. The number of benzene rings is 1. The Labute approximate surface area is 74.2 Å². The number of phenols is 1. The maximum absolute atomic E-state index is 9.34. The van der Waals surface area contributed by atoms with E-state index in [0.29, 0.717) is 16.8 Å². The summed E-state index contributed by atoms with van der Waals surface area (Å²) in [6, 6.07) is 3.70. The number of nitrogens with two attached hydrogens (primary N) is 1. The van der Waals surface area contributed by atoms with E-state index < -0.39 is 0 Å². The summed E-state index contributed by atoms with van der Waals surface area (Å²) in [4.78, 5) is 0. The van der Waals surface area contributed by atoms with Gasteiger partial charge in [0.05, 0.1) is 4.47 Å². The van der Waals surface area contributed by atoms with E-state index >= 15 is 0 Å². The van der Waals surface area contributed by atoms with Crippen molar-refractivity contribution in [2.45, 2.75) is 13.5 Å². The lowest BCUT2D eigenvalue weighted by atomic mass is 10.1. The standard InChI is InChI=1S/C8H10BrNO/c1-5-2-6(4-10)3-7(9)8(5)11/h2-3,11H,4,10H2,1H3. The van der Waals surface area contributed by atoms with Gasteiger partial charge in [-0.3, -0.25) is 0 Å². The first kappa shape index (κ1) is 8.56. The van der Waals surface area contributed by atoms with Crippen LogP contribution in [-0.2, 0) is 6.54 Å². The number of phenolic OH excluding ortho intramolecular Hbond substituents is 1. The van der Waals surface area contributed by atoms with E-state index in [1.807, 2.05) is 19.1 Å². The summed E-state index contributed by atoms with van der Waals surface area (Å²) in [7, 11) is 0. The zero-order valence-corrected chi connectivity index (χ0v) is 7.85. The number of aryl methyl sites for hydroxylation is 1. The Morgan fingerprint density at radius 3 is 2.64 bits per heavy atom. The van der Waals surface area contributed by atoms with E-state index in [4.69, 9.17) is 5.73 Å². The van der Waals surface area contributed by atoms with E-state index in [9.17, 15) is 5.11 Å². The van der Waals surface area contributed by atoms with Crippen LogP contribution in [0.2, 0.25) is 0 Å². The van der Waals surface area contributed by atoms with Crippen LogP contribution < -0.4 is 5.73 Å². The molecule has 0 unspecified atom stereocenters. The van der Waals surface area contributed by atoms with E-state index in [1.165, 1.54) is 0 Å². The number of hydrogen-bond donors (Lipinski definition) is 2. The quantitative estimate of drug-likeness (QED) is 0.753. The molecule has 0 amide bonds. The van der Waals surface area contributed by atoms with Crippen molar-refractivity contribution < 1.29 is 5.11 Å². The molecule has 0 fully saturated rings. The van der Waals surface area contributed by atoms with E-state index in [2.05, 4.69) is 15.9 Å². The van der Waals surface area contributed by atoms with Crippen molar-refractivity contribution in [2.75, 3.05) is 0 Å². The smallest absolute Gasteiger partial charge is 0.132 e. The molecule has 0 saturated carbocycles. The van der Waals surface area contributed by atoms with Gasteiger partial charge in [0.15, 0.2) is 0 Å². The second kappa shape index (κ2) is 3.24. The summed E-state index contributed by atoms with van der Waals surface area (Å²) >= 11 is 3.23. The zero-order chi connectivity index (χ0) is 8.43. The largest absolute Gasteiger partial charge is 0.506 e. The molecule has 0 aliphatic heterocycles. The highest BCUT2D eigenvalue weighted by atomic mass is 79.9. The van der Waals surface area contributed by atoms with E-state index in [-0.39, 0.29) is 0 Å². The number of rotatable bonds is 1. The van der Waals surface area contributed by atoms with Gasteiger partial charge in [-0.15, -0.1) is 0 Å². The third kappa shape index (κ3) is 1.73. The molecular formula is C8H10BrNO. The van der Waals surface area contributed by atoms with Crippen LogP contribution in [0.1, 0.15) is 11.1 Å². The molecule has 1 aromatic rings. The highest BCUT2D eigenvalue weighted by Crippen LogP contribution is 2.28. The Bertz CT molecular complexity index is 250. The molecule has 0 aromatic heterocycles. The lowest BCUT2D eigenvalue weighted by molar-refractivity contribution is 0.467. The van der Waals surface area contributed by atoms with Gasteiger partial charge in [0.25, 0.3) is 0 Å². The van der Waals surface area contributed by atoms with Gasteiger partial charge >= 0.3 is 0 Å². The van der Waals surface area contributed by atoms with Crippen molar-refractivity contribution in [1.29, 1.82) is 0 Å². The van der Waals surface area contributed by atoms with Crippen molar-refractivity contribution in [1.82, 2.24) is 0 Å². The van der Waals surface area contributed by atoms with Gasteiger partial charge in [-0.05, 0) is 40.0 Å². The van der Waals surface area contributed by atoms with Crippen LogP contribution >= 0.6 is 15.9 Å². The summed E-state index contributed by atoms with van der Waals surface area (Å²) in [5.74, 6) is 0.294. The van der Waals surface area contributed by atoms with Crippen LogP contribution in [0.3, 0.4) is 0 Å². The highest BCUT2D eigenvalue weighted by molar-refractivity contribution is 9.10. The van der Waals surface area contributed by atoms with Crippen LogP contribution in [0, 0.1) is 6.92 Å². The Balaban J connectivity index is 3.21. The van der Waals surface area contributed by atoms with E-state index in [0.717, 1.165) is 11.1 Å². The zero-order valence-electron chi connectivity index (χ0n) is 6.26. The molecule has 0 spiro atoms. The Morgan fingerprint density at radius 1 is 1.55 bits per heavy atom. The summed E-state index contributed by atoms with van der Waals surface area (Å²) in [5, 5.41) is 9.34. The maximum atomic E-state index is 9.34. The molecule has 2 nitrogen and oxygen atoms in total. The molecule has 60 valence electrons. The van der Waals surface area contributed by atoms with E-state index in [1.54, 1.807) is 0 Å². The van der Waals surface area contributed by atoms with Crippen molar-refractivity contribution in [3.8, 4) is 5.75 Å². The van der Waals surface area contributed by atoms with Gasteiger partial charge in [-0.2, -0.15) is 0 Å². The summed E-state index contributed by atoms with van der Waals surface area (Å²) in [6.07, 6.45) is 0. The highest BCUT2D eigenvalue weighted by Gasteiger charge is 2.02. The molecule has 11 heavy (non-hydrogen) atoms. The molecule has 0 aliphatic rings. The maximum Gasteiger partial charge on any atom is 0.132 e. The lowest BCUT2D eigenvalue weighted by Crippen LogP contribution is -1.96. The minimum Gasteiger partial charge on any atom is -0.506 e. The summed E-state index contributed by atoms with van der Waals surface area (Å²) < 4.78 is 0.706. The average Bonchev–Trinajstić information content (AvgIpc) is 1.99. The molecule has 1 rings (SSSR count). The predicted molar refractivity (Wildman–Crippen MR) is 48.4 cm³/mol. The normalized spacial score (nSPS) is 10.1. The first-order valence-corrected chi connectivity index (χ1v) is 4.12. The summed E-state index contributed by atoms with van der Waals surface area (Å²) in [6.45, 7) is 2.35. The van der Waals surface area contributed by atoms with Crippen LogP contribution in [0.4, 0.5) is 0 Å². The minimum atomic E-state index is 0.294. The SMILES string of the molecule is Cc1cc(CN)cc(Br)c1O. The Hall–Kier alpha value is -0.540. The molecule has 1 aromatic carbocycles. The fraction of sp³-hybridized carbons (Fsp3) is 0.250. The number of aromatic hydroxyl groups is 1. The van der Waals surface area contributed by atoms with Gasteiger partial charge in [0.1, 0.15) is 5.75 Å². The third-order valence-electron chi connectivity index (χ3n) is 1.55. The van der Waals surface area contributed by atoms with Crippen molar-refractivity contribution in [3.63, 3.8) is 0 Å². The molecule has 0 atom stereocenters. The second-order valence-corrected chi connectivity index (χ2v) is 3.30. The first-order chi connectivity index (χ1) is 5.15. The Kier molecular flexibility index (Phi) is 2.52. The van der Waals surface area contributed by atoms with Crippen LogP contribution in [-0.4, -0.2) is 5.11 Å². The molecule has 0 heterocycles. The van der Waals surface area contributed by atoms with Gasteiger partial charge in [0.2, 0.25) is 0 Å². The van der Waals surface area contributed by atoms with Crippen molar-refractivity contribution in [2.24, 2.45) is 5.73 Å². The fourth-order valence-electron chi connectivity index (χ4n) is 0.925. The van der Waals surface area contributed by atoms with Gasteiger partial charge < -0.3 is 10.8 Å². The number of halogens is 1. The average molecular weight is 216 g/mol. The molecule has 3 heteroatoms. The molecule has 0 bridgehead atoms. The second-order valence-electron chi connectivity index (χ2n) is 2.45. The first-order valence-electron chi connectivity index (χ1n) is 3.33. The van der Waals surface area contributed by atoms with Gasteiger partial charge in [-0.25, -0.2) is 0 Å². The minimum absolute atomic E-state index is 0.294. The van der Waals surface area contributed by atoms with Crippen LogP contribution in [0.5, 0.6) is 5.75 Å². The lowest BCUT2D eigenvalue weighted by Gasteiger charge is -2.03. The molecule has 0 radical (unpaired) electrons. The van der Waals surface area contributed by atoms with Crippen LogP contribution in [0.25, 0.3) is 0 Å².